The van der Waals surface area contributed by atoms with Crippen LogP contribution in [0.3, 0.4) is 0 Å². The number of aromatic nitrogens is 2. The summed E-state index contributed by atoms with van der Waals surface area (Å²) in [6.07, 6.45) is -1.61. The van der Waals surface area contributed by atoms with E-state index in [2.05, 4.69) is 4.98 Å². The van der Waals surface area contributed by atoms with Crippen molar-refractivity contribution in [3.63, 3.8) is 0 Å². The van der Waals surface area contributed by atoms with Crippen LogP contribution in [0.4, 0.5) is 0 Å². The molecule has 2 aromatic carbocycles. The lowest BCUT2D eigenvalue weighted by Gasteiger charge is -2.22. The molecule has 0 spiro atoms. The summed E-state index contributed by atoms with van der Waals surface area (Å²) in [6.45, 7) is -0.153. The number of esters is 2. The van der Waals surface area contributed by atoms with E-state index >= 15 is 0 Å². The Morgan fingerprint density at radius 2 is 1.59 bits per heavy atom. The molecule has 1 saturated heterocycles. The summed E-state index contributed by atoms with van der Waals surface area (Å²) in [4.78, 5) is 40.5. The van der Waals surface area contributed by atoms with Gasteiger partial charge >= 0.3 is 17.9 Å². The van der Waals surface area contributed by atoms with Gasteiger partial charge in [-0.1, -0.05) is 36.4 Å². The average Bonchev–Trinajstić information content (AvgIpc) is 3.34. The zero-order valence-electron chi connectivity index (χ0n) is 16.7. The van der Waals surface area contributed by atoms with Gasteiger partial charge in [0.15, 0.2) is 18.4 Å². The fraction of sp³-hybridized carbons (Fsp3) is 0.217. The Hall–Kier alpha value is -3.98. The van der Waals surface area contributed by atoms with Gasteiger partial charge in [0.1, 0.15) is 12.7 Å². The topological polar surface area (TPSA) is 106 Å². The predicted molar refractivity (Wildman–Crippen MR) is 109 cm³/mol. The Morgan fingerprint density at radius 3 is 2.28 bits per heavy atom. The van der Waals surface area contributed by atoms with E-state index in [1.807, 2.05) is 0 Å². The molecule has 3 heterocycles. The third kappa shape index (κ3) is 3.74. The summed E-state index contributed by atoms with van der Waals surface area (Å²) in [7, 11) is 0. The quantitative estimate of drug-likeness (QED) is 0.562. The van der Waals surface area contributed by atoms with Crippen LogP contribution in [0.15, 0.2) is 77.7 Å². The molecule has 162 valence electrons. The Bertz CT molecular complexity index is 1200. The van der Waals surface area contributed by atoms with Gasteiger partial charge in [-0.25, -0.2) is 9.59 Å². The third-order valence-electron chi connectivity index (χ3n) is 5.25. The molecule has 32 heavy (non-hydrogen) atoms. The monoisotopic (exact) mass is 434 g/mol. The van der Waals surface area contributed by atoms with Crippen molar-refractivity contribution in [2.75, 3.05) is 6.61 Å². The normalized spacial score (nSPS) is 23.0. The number of carbonyl (C=O) groups is 2. The molecule has 1 unspecified atom stereocenters. The first-order chi connectivity index (χ1) is 15.6. The molecule has 0 aliphatic carbocycles. The molecule has 0 radical (unpaired) electrons. The fourth-order valence-corrected chi connectivity index (χ4v) is 3.71. The van der Waals surface area contributed by atoms with E-state index in [1.54, 1.807) is 65.2 Å². The van der Waals surface area contributed by atoms with Crippen molar-refractivity contribution in [2.45, 2.75) is 24.5 Å². The van der Waals surface area contributed by atoms with Crippen molar-refractivity contribution in [2.24, 2.45) is 0 Å². The second kappa shape index (κ2) is 8.27. The molecule has 0 amide bonds. The first-order valence-corrected chi connectivity index (χ1v) is 10.00. The summed E-state index contributed by atoms with van der Waals surface area (Å²) in [5, 5.41) is 0. The number of rotatable bonds is 5. The Balaban J connectivity index is 1.37. The molecule has 3 aromatic rings. The maximum atomic E-state index is 12.7. The lowest BCUT2D eigenvalue weighted by molar-refractivity contribution is -0.0574. The van der Waals surface area contributed by atoms with Crippen LogP contribution in [0.25, 0.3) is 0 Å². The number of nitrogens with zero attached hydrogens (tertiary/aromatic N) is 2. The molecule has 9 nitrogen and oxygen atoms in total. The van der Waals surface area contributed by atoms with Gasteiger partial charge < -0.3 is 18.9 Å². The van der Waals surface area contributed by atoms with Crippen molar-refractivity contribution in [1.29, 1.82) is 0 Å². The van der Waals surface area contributed by atoms with E-state index in [0.717, 1.165) is 0 Å². The van der Waals surface area contributed by atoms with E-state index in [9.17, 15) is 14.4 Å². The molecule has 0 N–H and O–H groups in total. The SMILES string of the molecule is O=C(OC[C@@H]1O[C@@H]2C(Oc3nc(=O)ccn32)[C@@H]1OC(=O)c1ccccc1)c1ccccc1. The van der Waals surface area contributed by atoms with Crippen LogP contribution >= 0.6 is 0 Å². The fourth-order valence-electron chi connectivity index (χ4n) is 3.71. The van der Waals surface area contributed by atoms with Gasteiger partial charge in [0, 0.05) is 12.3 Å². The highest BCUT2D eigenvalue weighted by molar-refractivity contribution is 5.90. The molecule has 2 aliphatic rings. The van der Waals surface area contributed by atoms with Crippen molar-refractivity contribution < 1.29 is 28.5 Å². The standard InChI is InChI=1S/C23H18N2O7/c26-17-11-12-25-20-19(32-23(25)24-17)18(31-22(28)15-9-5-2-6-10-15)16(30-20)13-29-21(27)14-7-3-1-4-8-14/h1-12,16,18-20H,13H2/t16-,18+,19?,20+/m0/s1. The second-order valence-corrected chi connectivity index (χ2v) is 7.30. The molecule has 0 bridgehead atoms. The van der Waals surface area contributed by atoms with Gasteiger partial charge in [0.05, 0.1) is 11.1 Å². The first-order valence-electron chi connectivity index (χ1n) is 10.00. The van der Waals surface area contributed by atoms with E-state index in [0.29, 0.717) is 11.1 Å². The van der Waals surface area contributed by atoms with Crippen LogP contribution in [0.2, 0.25) is 0 Å². The third-order valence-corrected chi connectivity index (χ3v) is 5.25. The highest BCUT2D eigenvalue weighted by Gasteiger charge is 2.54. The van der Waals surface area contributed by atoms with Gasteiger partial charge in [-0.05, 0) is 24.3 Å². The zero-order valence-corrected chi connectivity index (χ0v) is 16.7. The largest absolute Gasteiger partial charge is 0.459 e. The van der Waals surface area contributed by atoms with Crippen molar-refractivity contribution in [3.05, 3.63) is 94.4 Å². The van der Waals surface area contributed by atoms with Gasteiger partial charge in [-0.2, -0.15) is 4.98 Å². The first kappa shape index (κ1) is 20.0. The summed E-state index contributed by atoms with van der Waals surface area (Å²) in [6, 6.07) is 18.4. The molecule has 5 rings (SSSR count). The molecule has 4 atom stereocenters. The van der Waals surface area contributed by atoms with E-state index in [4.69, 9.17) is 18.9 Å². The minimum atomic E-state index is -0.895. The zero-order chi connectivity index (χ0) is 22.1. The predicted octanol–water partition coefficient (Wildman–Crippen LogP) is 1.98. The Kier molecular flexibility index (Phi) is 5.16. The molecular formula is C23H18N2O7. The minimum absolute atomic E-state index is 0.0768. The number of hydrogen-bond acceptors (Lipinski definition) is 8. The summed E-state index contributed by atoms with van der Waals surface area (Å²) in [5.41, 5.74) is 0.299. The number of fused-ring (bicyclic) bond motifs is 3. The van der Waals surface area contributed by atoms with E-state index in [-0.39, 0.29) is 12.6 Å². The lowest BCUT2D eigenvalue weighted by Crippen LogP contribution is -2.40. The summed E-state index contributed by atoms with van der Waals surface area (Å²) >= 11 is 0. The smallest absolute Gasteiger partial charge is 0.338 e. The molecular weight excluding hydrogens is 416 g/mol. The number of hydrogen-bond donors (Lipinski definition) is 0. The Labute approximate surface area is 182 Å². The van der Waals surface area contributed by atoms with Crippen LogP contribution in [-0.2, 0) is 14.2 Å². The number of carbonyl (C=O) groups excluding carboxylic acids is 2. The van der Waals surface area contributed by atoms with Crippen LogP contribution in [-0.4, -0.2) is 46.4 Å². The van der Waals surface area contributed by atoms with Gasteiger partial charge in [0.25, 0.3) is 5.56 Å². The molecule has 1 fully saturated rings. The summed E-state index contributed by atoms with van der Waals surface area (Å²) < 4.78 is 24.5. The van der Waals surface area contributed by atoms with Crippen molar-refractivity contribution in [1.82, 2.24) is 9.55 Å². The van der Waals surface area contributed by atoms with Crippen LogP contribution in [0, 0.1) is 0 Å². The van der Waals surface area contributed by atoms with Gasteiger partial charge in [0.2, 0.25) is 0 Å². The van der Waals surface area contributed by atoms with Crippen LogP contribution in [0.5, 0.6) is 6.01 Å². The van der Waals surface area contributed by atoms with E-state index in [1.165, 1.54) is 12.3 Å². The van der Waals surface area contributed by atoms with Crippen molar-refractivity contribution >= 4 is 11.9 Å². The molecule has 9 heteroatoms. The van der Waals surface area contributed by atoms with Gasteiger partial charge in [-0.15, -0.1) is 0 Å². The van der Waals surface area contributed by atoms with Crippen LogP contribution in [0.1, 0.15) is 26.9 Å². The highest BCUT2D eigenvalue weighted by Crippen LogP contribution is 2.40. The molecule has 2 aliphatic heterocycles. The average molecular weight is 434 g/mol. The number of ether oxygens (including phenoxy) is 4. The second-order valence-electron chi connectivity index (χ2n) is 7.30. The maximum Gasteiger partial charge on any atom is 0.338 e. The molecule has 1 aromatic heterocycles. The Morgan fingerprint density at radius 1 is 0.938 bits per heavy atom. The van der Waals surface area contributed by atoms with E-state index < -0.39 is 42.0 Å². The van der Waals surface area contributed by atoms with Crippen molar-refractivity contribution in [3.8, 4) is 6.01 Å². The highest BCUT2D eigenvalue weighted by atomic mass is 16.7. The summed E-state index contributed by atoms with van der Waals surface area (Å²) in [5.74, 6) is -1.09. The number of benzene rings is 2. The van der Waals surface area contributed by atoms with Gasteiger partial charge in [-0.3, -0.25) is 9.36 Å². The maximum absolute atomic E-state index is 12.7. The minimum Gasteiger partial charge on any atom is -0.459 e. The van der Waals surface area contributed by atoms with Crippen LogP contribution < -0.4 is 10.3 Å². The molecule has 0 saturated carbocycles. The lowest BCUT2D eigenvalue weighted by atomic mass is 10.1.